The molecule has 0 aromatic rings. The molecule has 3 heteroatoms. The number of ether oxygens (including phenoxy) is 2. The quantitative estimate of drug-likeness (QED) is 0.776. The second-order valence-corrected chi connectivity index (χ2v) is 4.89. The molecule has 3 nitrogen and oxygen atoms in total. The minimum Gasteiger partial charge on any atom is -0.376 e. The summed E-state index contributed by atoms with van der Waals surface area (Å²) in [5.41, 5.74) is 6.17. The van der Waals surface area contributed by atoms with Crippen LogP contribution in [0.2, 0.25) is 0 Å². The van der Waals surface area contributed by atoms with E-state index in [1.54, 1.807) is 0 Å². The van der Waals surface area contributed by atoms with E-state index in [0.717, 1.165) is 18.9 Å². The fourth-order valence-corrected chi connectivity index (χ4v) is 2.71. The van der Waals surface area contributed by atoms with Crippen molar-refractivity contribution in [2.75, 3.05) is 19.8 Å². The lowest BCUT2D eigenvalue weighted by molar-refractivity contribution is -0.0993. The molecule has 15 heavy (non-hydrogen) atoms. The highest BCUT2D eigenvalue weighted by Gasteiger charge is 2.25. The largest absolute Gasteiger partial charge is 0.376 e. The molecule has 1 saturated carbocycles. The highest BCUT2D eigenvalue weighted by atomic mass is 16.6. The molecule has 0 aromatic heterocycles. The van der Waals surface area contributed by atoms with Gasteiger partial charge in [-0.15, -0.1) is 0 Å². The normalized spacial score (nSPS) is 31.4. The zero-order valence-corrected chi connectivity index (χ0v) is 9.49. The van der Waals surface area contributed by atoms with Crippen molar-refractivity contribution < 1.29 is 9.47 Å². The predicted octanol–water partition coefficient (Wildman–Crippen LogP) is 1.70. The molecule has 1 saturated heterocycles. The Morgan fingerprint density at radius 1 is 1.13 bits per heavy atom. The molecule has 1 aliphatic carbocycles. The number of hydrogen-bond acceptors (Lipinski definition) is 3. The topological polar surface area (TPSA) is 44.5 Å². The van der Waals surface area contributed by atoms with Crippen LogP contribution in [-0.2, 0) is 9.47 Å². The summed E-state index contributed by atoms with van der Waals surface area (Å²) < 4.78 is 11.0. The number of nitrogens with two attached hydrogens (primary N) is 1. The standard InChI is InChI=1S/C12H23NO2/c13-11(12-9-14-6-7-15-12)8-10-4-2-1-3-5-10/h10-12H,1-9,13H2. The van der Waals surface area contributed by atoms with Gasteiger partial charge in [0.2, 0.25) is 0 Å². The van der Waals surface area contributed by atoms with E-state index in [4.69, 9.17) is 15.2 Å². The van der Waals surface area contributed by atoms with E-state index in [1.807, 2.05) is 0 Å². The molecule has 2 N–H and O–H groups in total. The minimum atomic E-state index is 0.140. The highest BCUT2D eigenvalue weighted by molar-refractivity contribution is 4.79. The third kappa shape index (κ3) is 3.44. The maximum Gasteiger partial charge on any atom is 0.0960 e. The van der Waals surface area contributed by atoms with Crippen LogP contribution >= 0.6 is 0 Å². The summed E-state index contributed by atoms with van der Waals surface area (Å²) in [5.74, 6) is 0.833. The van der Waals surface area contributed by atoms with Gasteiger partial charge in [0.1, 0.15) is 0 Å². The van der Waals surface area contributed by atoms with Crippen molar-refractivity contribution in [3.63, 3.8) is 0 Å². The van der Waals surface area contributed by atoms with Crippen molar-refractivity contribution in [2.45, 2.75) is 50.7 Å². The molecule has 0 amide bonds. The van der Waals surface area contributed by atoms with Crippen LogP contribution in [-0.4, -0.2) is 32.0 Å². The lowest BCUT2D eigenvalue weighted by atomic mass is 9.84. The molecule has 1 heterocycles. The Bertz CT molecular complexity index is 174. The summed E-state index contributed by atoms with van der Waals surface area (Å²) in [6.45, 7) is 2.13. The molecule has 0 spiro atoms. The summed E-state index contributed by atoms with van der Waals surface area (Å²) in [6, 6.07) is 0.174. The molecular formula is C12H23NO2. The predicted molar refractivity (Wildman–Crippen MR) is 59.7 cm³/mol. The van der Waals surface area contributed by atoms with Crippen LogP contribution in [0.3, 0.4) is 0 Å². The zero-order chi connectivity index (χ0) is 10.5. The molecule has 2 unspecified atom stereocenters. The Morgan fingerprint density at radius 2 is 1.93 bits per heavy atom. The Hall–Kier alpha value is -0.120. The first kappa shape index (κ1) is 11.4. The molecule has 1 aliphatic heterocycles. The molecule has 2 fully saturated rings. The van der Waals surface area contributed by atoms with Crippen LogP contribution in [0.1, 0.15) is 38.5 Å². The summed E-state index contributed by atoms with van der Waals surface area (Å²) in [4.78, 5) is 0. The van der Waals surface area contributed by atoms with Crippen molar-refractivity contribution in [3.05, 3.63) is 0 Å². The highest BCUT2D eigenvalue weighted by Crippen LogP contribution is 2.28. The van der Waals surface area contributed by atoms with E-state index in [-0.39, 0.29) is 12.1 Å². The second-order valence-electron chi connectivity index (χ2n) is 4.89. The van der Waals surface area contributed by atoms with Gasteiger partial charge in [-0.3, -0.25) is 0 Å². The first-order chi connectivity index (χ1) is 7.36. The van der Waals surface area contributed by atoms with Crippen molar-refractivity contribution in [1.29, 1.82) is 0 Å². The van der Waals surface area contributed by atoms with Crippen LogP contribution in [0.5, 0.6) is 0 Å². The maximum atomic E-state index is 6.17. The Balaban J connectivity index is 1.72. The minimum absolute atomic E-state index is 0.140. The van der Waals surface area contributed by atoms with Gasteiger partial charge in [-0.2, -0.15) is 0 Å². The van der Waals surface area contributed by atoms with Crippen LogP contribution in [0, 0.1) is 5.92 Å². The van der Waals surface area contributed by atoms with Crippen LogP contribution < -0.4 is 5.73 Å². The smallest absolute Gasteiger partial charge is 0.0960 e. The van der Waals surface area contributed by atoms with E-state index in [9.17, 15) is 0 Å². The van der Waals surface area contributed by atoms with Gasteiger partial charge in [0.15, 0.2) is 0 Å². The van der Waals surface area contributed by atoms with Gasteiger partial charge < -0.3 is 15.2 Å². The maximum absolute atomic E-state index is 6.17. The van der Waals surface area contributed by atoms with E-state index in [0.29, 0.717) is 13.2 Å². The van der Waals surface area contributed by atoms with E-state index < -0.39 is 0 Å². The first-order valence-electron chi connectivity index (χ1n) is 6.31. The Morgan fingerprint density at radius 3 is 2.60 bits per heavy atom. The summed E-state index contributed by atoms with van der Waals surface area (Å²) >= 11 is 0. The third-order valence-electron chi connectivity index (χ3n) is 3.65. The average molecular weight is 213 g/mol. The molecule has 2 rings (SSSR count). The SMILES string of the molecule is NC(CC1CCCCC1)C1COCCO1. The fourth-order valence-electron chi connectivity index (χ4n) is 2.71. The molecule has 0 bridgehead atoms. The van der Waals surface area contributed by atoms with Gasteiger partial charge in [0.25, 0.3) is 0 Å². The summed E-state index contributed by atoms with van der Waals surface area (Å²) in [5, 5.41) is 0. The van der Waals surface area contributed by atoms with Crippen LogP contribution in [0.25, 0.3) is 0 Å². The summed E-state index contributed by atoms with van der Waals surface area (Å²) in [6.07, 6.45) is 8.17. The van der Waals surface area contributed by atoms with Crippen molar-refractivity contribution >= 4 is 0 Å². The Labute approximate surface area is 92.3 Å². The second kappa shape index (κ2) is 5.83. The fraction of sp³-hybridized carbons (Fsp3) is 1.00. The molecule has 88 valence electrons. The lowest BCUT2D eigenvalue weighted by Gasteiger charge is -2.31. The summed E-state index contributed by atoms with van der Waals surface area (Å²) in [7, 11) is 0. The van der Waals surface area contributed by atoms with Gasteiger partial charge in [0.05, 0.1) is 25.9 Å². The number of hydrogen-bond donors (Lipinski definition) is 1. The molecular weight excluding hydrogens is 190 g/mol. The van der Waals surface area contributed by atoms with Gasteiger partial charge in [-0.05, 0) is 12.3 Å². The first-order valence-corrected chi connectivity index (χ1v) is 6.31. The van der Waals surface area contributed by atoms with Gasteiger partial charge in [-0.1, -0.05) is 32.1 Å². The van der Waals surface area contributed by atoms with Crippen LogP contribution in [0.4, 0.5) is 0 Å². The third-order valence-corrected chi connectivity index (χ3v) is 3.65. The lowest BCUT2D eigenvalue weighted by Crippen LogP contribution is -2.44. The molecule has 2 atom stereocenters. The molecule has 0 aromatic carbocycles. The van der Waals surface area contributed by atoms with Crippen LogP contribution in [0.15, 0.2) is 0 Å². The average Bonchev–Trinajstić information content (AvgIpc) is 2.31. The van der Waals surface area contributed by atoms with Gasteiger partial charge in [0, 0.05) is 6.04 Å². The monoisotopic (exact) mass is 213 g/mol. The van der Waals surface area contributed by atoms with E-state index in [2.05, 4.69) is 0 Å². The van der Waals surface area contributed by atoms with Crippen molar-refractivity contribution in [3.8, 4) is 0 Å². The van der Waals surface area contributed by atoms with Gasteiger partial charge >= 0.3 is 0 Å². The zero-order valence-electron chi connectivity index (χ0n) is 9.49. The van der Waals surface area contributed by atoms with Crippen molar-refractivity contribution in [1.82, 2.24) is 0 Å². The van der Waals surface area contributed by atoms with Crippen molar-refractivity contribution in [2.24, 2.45) is 11.7 Å². The number of rotatable bonds is 3. The van der Waals surface area contributed by atoms with Gasteiger partial charge in [-0.25, -0.2) is 0 Å². The molecule has 2 aliphatic rings. The van der Waals surface area contributed by atoms with E-state index in [1.165, 1.54) is 32.1 Å². The molecule has 0 radical (unpaired) electrons. The Kier molecular flexibility index (Phi) is 4.42. The van der Waals surface area contributed by atoms with E-state index >= 15 is 0 Å².